The molecule has 0 aliphatic heterocycles. The third-order valence-corrected chi connectivity index (χ3v) is 6.00. The van der Waals surface area contributed by atoms with Gasteiger partial charge in [0.2, 0.25) is 0 Å². The van der Waals surface area contributed by atoms with E-state index in [1.165, 1.54) is 21.2 Å². The summed E-state index contributed by atoms with van der Waals surface area (Å²) in [5, 5.41) is 6.86. The summed E-state index contributed by atoms with van der Waals surface area (Å²) < 4.78 is 0.989. The maximum atomic E-state index is 6.19. The summed E-state index contributed by atoms with van der Waals surface area (Å²) in [5.41, 5.74) is 1.26. The van der Waals surface area contributed by atoms with Gasteiger partial charge in [-0.3, -0.25) is 0 Å². The lowest BCUT2D eigenvalue weighted by Gasteiger charge is -2.17. The molecular formula is C17H15BrClNS. The van der Waals surface area contributed by atoms with Crippen LogP contribution in [0.25, 0.3) is 10.8 Å². The average molecular weight is 381 g/mol. The van der Waals surface area contributed by atoms with Crippen LogP contribution in [0.3, 0.4) is 0 Å². The monoisotopic (exact) mass is 379 g/mol. The summed E-state index contributed by atoms with van der Waals surface area (Å²) in [6, 6.07) is 17.3. The molecule has 0 spiro atoms. The zero-order valence-electron chi connectivity index (χ0n) is 11.6. The third-order valence-electron chi connectivity index (χ3n) is 3.46. The Bertz CT molecular complexity index is 749. The molecule has 0 bridgehead atoms. The number of hydrogen-bond donors (Lipinski definition) is 1. The fraction of sp³-hybridized carbons (Fsp3) is 0.176. The highest BCUT2D eigenvalue weighted by atomic mass is 79.9. The Balaban J connectivity index is 2.06. The SMILES string of the molecule is CCNC(c1ccc2ccccc2c1)c1cc(Cl)c(Br)s1. The first-order chi connectivity index (χ1) is 10.2. The second kappa shape index (κ2) is 6.49. The lowest BCUT2D eigenvalue weighted by atomic mass is 10.0. The molecule has 0 radical (unpaired) electrons. The molecule has 1 nitrogen and oxygen atoms in total. The number of thiophene rings is 1. The van der Waals surface area contributed by atoms with Crippen molar-refractivity contribution in [1.82, 2.24) is 5.32 Å². The van der Waals surface area contributed by atoms with Crippen molar-refractivity contribution in [3.63, 3.8) is 0 Å². The molecule has 0 saturated carbocycles. The van der Waals surface area contributed by atoms with Gasteiger partial charge in [0.1, 0.15) is 0 Å². The Hall–Kier alpha value is -0.870. The fourth-order valence-corrected chi connectivity index (χ4v) is 4.33. The average Bonchev–Trinajstić information content (AvgIpc) is 2.83. The quantitative estimate of drug-likeness (QED) is 0.584. The Labute approximate surface area is 142 Å². The molecule has 1 atom stereocenters. The van der Waals surface area contributed by atoms with Gasteiger partial charge in [-0.25, -0.2) is 0 Å². The van der Waals surface area contributed by atoms with Gasteiger partial charge in [-0.05, 0) is 50.9 Å². The smallest absolute Gasteiger partial charge is 0.0888 e. The van der Waals surface area contributed by atoms with E-state index in [0.717, 1.165) is 15.4 Å². The maximum Gasteiger partial charge on any atom is 0.0888 e. The van der Waals surface area contributed by atoms with E-state index in [1.54, 1.807) is 11.3 Å². The molecule has 1 unspecified atom stereocenters. The van der Waals surface area contributed by atoms with Crippen LogP contribution in [-0.4, -0.2) is 6.54 Å². The molecule has 2 aromatic carbocycles. The molecule has 3 rings (SSSR count). The Morgan fingerprint density at radius 1 is 1.14 bits per heavy atom. The van der Waals surface area contributed by atoms with Gasteiger partial charge in [-0.1, -0.05) is 54.9 Å². The van der Waals surface area contributed by atoms with Crippen LogP contribution in [0.2, 0.25) is 5.02 Å². The maximum absolute atomic E-state index is 6.19. The van der Waals surface area contributed by atoms with E-state index in [4.69, 9.17) is 11.6 Å². The molecular weight excluding hydrogens is 366 g/mol. The van der Waals surface area contributed by atoms with Crippen LogP contribution in [0.5, 0.6) is 0 Å². The predicted molar refractivity (Wildman–Crippen MR) is 96.5 cm³/mol. The zero-order chi connectivity index (χ0) is 14.8. The summed E-state index contributed by atoms with van der Waals surface area (Å²) in [5.74, 6) is 0. The van der Waals surface area contributed by atoms with Crippen LogP contribution < -0.4 is 5.32 Å². The van der Waals surface area contributed by atoms with E-state index in [9.17, 15) is 0 Å². The Morgan fingerprint density at radius 3 is 2.57 bits per heavy atom. The molecule has 21 heavy (non-hydrogen) atoms. The van der Waals surface area contributed by atoms with Crippen molar-refractivity contribution in [3.05, 3.63) is 67.8 Å². The van der Waals surface area contributed by atoms with Crippen LogP contribution in [-0.2, 0) is 0 Å². The highest BCUT2D eigenvalue weighted by Crippen LogP contribution is 2.37. The summed E-state index contributed by atoms with van der Waals surface area (Å²) in [7, 11) is 0. The first-order valence-corrected chi connectivity index (χ1v) is 8.84. The Morgan fingerprint density at radius 2 is 1.90 bits per heavy atom. The van der Waals surface area contributed by atoms with Gasteiger partial charge in [0.25, 0.3) is 0 Å². The van der Waals surface area contributed by atoms with Gasteiger partial charge in [0.05, 0.1) is 14.9 Å². The van der Waals surface area contributed by atoms with E-state index >= 15 is 0 Å². The van der Waals surface area contributed by atoms with Crippen molar-refractivity contribution < 1.29 is 0 Å². The highest BCUT2D eigenvalue weighted by Gasteiger charge is 2.17. The Kier molecular flexibility index (Phi) is 4.65. The minimum atomic E-state index is 0.174. The number of rotatable bonds is 4. The number of halogens is 2. The molecule has 1 heterocycles. The van der Waals surface area contributed by atoms with Crippen LogP contribution in [0, 0.1) is 0 Å². The highest BCUT2D eigenvalue weighted by molar-refractivity contribution is 9.11. The zero-order valence-corrected chi connectivity index (χ0v) is 14.7. The van der Waals surface area contributed by atoms with Gasteiger partial charge >= 0.3 is 0 Å². The van der Waals surface area contributed by atoms with Gasteiger partial charge < -0.3 is 5.32 Å². The van der Waals surface area contributed by atoms with Crippen molar-refractivity contribution >= 4 is 49.6 Å². The van der Waals surface area contributed by atoms with Crippen molar-refractivity contribution in [2.24, 2.45) is 0 Å². The molecule has 0 aliphatic rings. The molecule has 108 valence electrons. The van der Waals surface area contributed by atoms with Gasteiger partial charge in [0.15, 0.2) is 0 Å². The van der Waals surface area contributed by atoms with E-state index in [-0.39, 0.29) is 6.04 Å². The third kappa shape index (κ3) is 3.16. The number of benzene rings is 2. The van der Waals surface area contributed by atoms with Gasteiger partial charge in [-0.15, -0.1) is 11.3 Å². The fourth-order valence-electron chi connectivity index (χ4n) is 2.48. The summed E-state index contributed by atoms with van der Waals surface area (Å²) in [4.78, 5) is 1.23. The number of fused-ring (bicyclic) bond motifs is 1. The van der Waals surface area contributed by atoms with Crippen LogP contribution in [0.1, 0.15) is 23.4 Å². The lowest BCUT2D eigenvalue weighted by molar-refractivity contribution is 0.640. The van der Waals surface area contributed by atoms with Crippen molar-refractivity contribution in [3.8, 4) is 0 Å². The van der Waals surface area contributed by atoms with Crippen LogP contribution in [0.4, 0.5) is 0 Å². The normalized spacial score (nSPS) is 12.7. The van der Waals surface area contributed by atoms with E-state index in [0.29, 0.717) is 0 Å². The molecule has 1 N–H and O–H groups in total. The first-order valence-electron chi connectivity index (χ1n) is 6.86. The molecule has 0 amide bonds. The molecule has 0 fully saturated rings. The molecule has 4 heteroatoms. The van der Waals surface area contributed by atoms with Crippen LogP contribution >= 0.6 is 38.9 Å². The van der Waals surface area contributed by atoms with Crippen LogP contribution in [0.15, 0.2) is 52.3 Å². The predicted octanol–water partition coefficient (Wildman–Crippen LogP) is 6.02. The standard InChI is InChI=1S/C17H15BrClNS/c1-2-20-16(15-10-14(19)17(18)21-15)13-8-7-11-5-3-4-6-12(11)9-13/h3-10,16,20H,2H2,1H3. The van der Waals surface area contributed by atoms with Gasteiger partial charge in [-0.2, -0.15) is 0 Å². The second-order valence-electron chi connectivity index (χ2n) is 4.87. The second-order valence-corrected chi connectivity index (χ2v) is 7.68. The largest absolute Gasteiger partial charge is 0.306 e. The van der Waals surface area contributed by atoms with E-state index in [2.05, 4.69) is 70.6 Å². The van der Waals surface area contributed by atoms with Crippen molar-refractivity contribution in [2.75, 3.05) is 6.54 Å². The summed E-state index contributed by atoms with van der Waals surface area (Å²) in [6.45, 7) is 3.03. The molecule has 0 saturated heterocycles. The summed E-state index contributed by atoms with van der Waals surface area (Å²) in [6.07, 6.45) is 0. The molecule has 1 aromatic heterocycles. The molecule has 3 aromatic rings. The van der Waals surface area contributed by atoms with Crippen molar-refractivity contribution in [1.29, 1.82) is 0 Å². The first kappa shape index (κ1) is 15.0. The minimum absolute atomic E-state index is 0.174. The number of nitrogens with one attached hydrogen (secondary N) is 1. The minimum Gasteiger partial charge on any atom is -0.306 e. The van der Waals surface area contributed by atoms with Crippen molar-refractivity contribution in [2.45, 2.75) is 13.0 Å². The summed E-state index contributed by atoms with van der Waals surface area (Å²) >= 11 is 11.4. The van der Waals surface area contributed by atoms with E-state index in [1.807, 2.05) is 6.07 Å². The number of hydrogen-bond acceptors (Lipinski definition) is 2. The lowest BCUT2D eigenvalue weighted by Crippen LogP contribution is -2.21. The van der Waals surface area contributed by atoms with E-state index < -0.39 is 0 Å². The molecule has 0 aliphatic carbocycles. The topological polar surface area (TPSA) is 12.0 Å². The van der Waals surface area contributed by atoms with Gasteiger partial charge in [0, 0.05) is 4.88 Å².